The fraction of sp³-hybridized carbons (Fsp3) is 0. The summed E-state index contributed by atoms with van der Waals surface area (Å²) in [7, 11) is -4.34. The second kappa shape index (κ2) is 7.42. The first-order valence-corrected chi connectivity index (χ1v) is 8.09. The van der Waals surface area contributed by atoms with E-state index in [1.165, 1.54) is 24.3 Å². The number of hydrogen-bond acceptors (Lipinski definition) is 5. The van der Waals surface area contributed by atoms with Crippen molar-refractivity contribution in [3.8, 4) is 5.75 Å². The van der Waals surface area contributed by atoms with Gasteiger partial charge in [-0.15, -0.1) is 5.11 Å². The Kier molecular flexibility index (Phi) is 5.74. The Labute approximate surface area is 160 Å². The Bertz CT molecular complexity index is 1010. The van der Waals surface area contributed by atoms with Gasteiger partial charge in [-0.05, 0) is 35.7 Å². The summed E-state index contributed by atoms with van der Waals surface area (Å²) in [6, 6.07) is 16.1. The van der Waals surface area contributed by atoms with Gasteiger partial charge in [0.2, 0.25) is 0 Å². The largest absolute Gasteiger partial charge is 1.00 e. The van der Waals surface area contributed by atoms with Gasteiger partial charge in [0.15, 0.2) is 0 Å². The third-order valence-electron chi connectivity index (χ3n) is 3.26. The molecule has 2 N–H and O–H groups in total. The van der Waals surface area contributed by atoms with Crippen LogP contribution in [0.5, 0.6) is 5.75 Å². The third-order valence-corrected chi connectivity index (χ3v) is 4.11. The SMILES string of the molecule is O=S(=O)(O)c1ccc2ccc(O)c(N=Nc3ccccc3)c2c1.[Na+]. The summed E-state index contributed by atoms with van der Waals surface area (Å²) in [6.45, 7) is 0. The quantitative estimate of drug-likeness (QED) is 0.421. The first-order chi connectivity index (χ1) is 10.9. The van der Waals surface area contributed by atoms with E-state index in [1.807, 2.05) is 6.07 Å². The minimum atomic E-state index is -4.34. The first kappa shape index (κ1) is 18.6. The molecule has 3 rings (SSSR count). The Balaban J connectivity index is 0.00000208. The van der Waals surface area contributed by atoms with Crippen LogP contribution in [0.4, 0.5) is 11.4 Å². The van der Waals surface area contributed by atoms with Crippen molar-refractivity contribution in [1.29, 1.82) is 0 Å². The van der Waals surface area contributed by atoms with Crippen molar-refractivity contribution >= 4 is 32.3 Å². The minimum Gasteiger partial charge on any atom is -0.506 e. The molecule has 0 amide bonds. The van der Waals surface area contributed by atoms with Gasteiger partial charge in [0.05, 0.1) is 10.6 Å². The van der Waals surface area contributed by atoms with Crippen LogP contribution in [0.2, 0.25) is 0 Å². The summed E-state index contributed by atoms with van der Waals surface area (Å²) >= 11 is 0. The Morgan fingerprint density at radius 2 is 1.54 bits per heavy atom. The van der Waals surface area contributed by atoms with Crippen LogP contribution in [0.25, 0.3) is 10.8 Å². The molecule has 0 atom stereocenters. The fourth-order valence-electron chi connectivity index (χ4n) is 2.14. The summed E-state index contributed by atoms with van der Waals surface area (Å²) in [6.07, 6.45) is 0. The molecule has 0 spiro atoms. The number of aromatic hydroxyl groups is 1. The predicted molar refractivity (Wildman–Crippen MR) is 86.0 cm³/mol. The van der Waals surface area contributed by atoms with E-state index in [0.29, 0.717) is 16.5 Å². The summed E-state index contributed by atoms with van der Waals surface area (Å²) in [5.74, 6) is -0.135. The molecule has 0 heterocycles. The molecule has 6 nitrogen and oxygen atoms in total. The number of hydrogen-bond donors (Lipinski definition) is 2. The van der Waals surface area contributed by atoms with Crippen molar-refractivity contribution in [2.24, 2.45) is 10.2 Å². The smallest absolute Gasteiger partial charge is 0.506 e. The van der Waals surface area contributed by atoms with Gasteiger partial charge in [-0.1, -0.05) is 30.3 Å². The van der Waals surface area contributed by atoms with Crippen LogP contribution in [0.15, 0.2) is 75.8 Å². The molecule has 0 unspecified atom stereocenters. The third kappa shape index (κ3) is 4.00. The molecular weight excluding hydrogens is 339 g/mol. The van der Waals surface area contributed by atoms with Crippen LogP contribution < -0.4 is 29.6 Å². The molecule has 0 aliphatic heterocycles. The van der Waals surface area contributed by atoms with Gasteiger partial charge >= 0.3 is 29.6 Å². The molecule has 0 saturated heterocycles. The fourth-order valence-corrected chi connectivity index (χ4v) is 2.65. The van der Waals surface area contributed by atoms with E-state index in [0.717, 1.165) is 0 Å². The van der Waals surface area contributed by atoms with E-state index >= 15 is 0 Å². The number of benzene rings is 3. The maximum atomic E-state index is 11.3. The van der Waals surface area contributed by atoms with Gasteiger partial charge in [-0.25, -0.2) is 0 Å². The van der Waals surface area contributed by atoms with Crippen molar-refractivity contribution in [3.05, 3.63) is 60.7 Å². The van der Waals surface area contributed by atoms with Crippen LogP contribution in [0, 0.1) is 0 Å². The van der Waals surface area contributed by atoms with Crippen molar-refractivity contribution in [1.82, 2.24) is 0 Å². The number of phenolic OH excluding ortho intramolecular Hbond substituents is 1. The average molecular weight is 351 g/mol. The average Bonchev–Trinajstić information content (AvgIpc) is 2.53. The molecule has 3 aromatic carbocycles. The van der Waals surface area contributed by atoms with Gasteiger partial charge in [-0.2, -0.15) is 13.5 Å². The van der Waals surface area contributed by atoms with Crippen LogP contribution in [-0.4, -0.2) is 18.1 Å². The van der Waals surface area contributed by atoms with Crippen LogP contribution in [0.1, 0.15) is 0 Å². The van der Waals surface area contributed by atoms with Gasteiger partial charge in [-0.3, -0.25) is 4.55 Å². The number of phenols is 1. The van der Waals surface area contributed by atoms with E-state index in [-0.39, 0.29) is 45.9 Å². The minimum absolute atomic E-state index is 0. The number of nitrogens with zero attached hydrogens (tertiary/aromatic N) is 2. The summed E-state index contributed by atoms with van der Waals surface area (Å²) in [4.78, 5) is -0.272. The number of fused-ring (bicyclic) bond motifs is 1. The van der Waals surface area contributed by atoms with E-state index in [2.05, 4.69) is 10.2 Å². The van der Waals surface area contributed by atoms with Crippen molar-refractivity contribution < 1.29 is 47.6 Å². The van der Waals surface area contributed by atoms with Crippen LogP contribution in [-0.2, 0) is 10.1 Å². The molecule has 0 radical (unpaired) electrons. The molecule has 0 saturated carbocycles. The first-order valence-electron chi connectivity index (χ1n) is 6.65. The molecule has 0 bridgehead atoms. The summed E-state index contributed by atoms with van der Waals surface area (Å²) < 4.78 is 31.8. The van der Waals surface area contributed by atoms with Gasteiger partial charge in [0, 0.05) is 5.39 Å². The van der Waals surface area contributed by atoms with E-state index in [9.17, 15) is 18.1 Å². The standard InChI is InChI=1S/C16H12N2O4S.Na/c19-15-9-7-11-6-8-13(23(20,21)22)10-14(11)16(15)18-17-12-4-2-1-3-5-12;/h1-10,19H,(H,20,21,22);/q;+1. The second-order valence-electron chi connectivity index (χ2n) is 4.83. The van der Waals surface area contributed by atoms with Crippen LogP contribution >= 0.6 is 0 Å². The number of azo groups is 1. The van der Waals surface area contributed by atoms with Crippen LogP contribution in [0.3, 0.4) is 0 Å². The van der Waals surface area contributed by atoms with E-state index in [4.69, 9.17) is 0 Å². The van der Waals surface area contributed by atoms with Crippen molar-refractivity contribution in [2.75, 3.05) is 0 Å². The van der Waals surface area contributed by atoms with E-state index in [1.54, 1.807) is 30.3 Å². The maximum absolute atomic E-state index is 11.3. The Morgan fingerprint density at radius 3 is 2.21 bits per heavy atom. The summed E-state index contributed by atoms with van der Waals surface area (Å²) in [5.41, 5.74) is 0.728. The Morgan fingerprint density at radius 1 is 0.875 bits per heavy atom. The normalized spacial score (nSPS) is 11.5. The molecule has 0 aromatic heterocycles. The van der Waals surface area contributed by atoms with Gasteiger partial charge in [0.1, 0.15) is 11.4 Å². The molecule has 0 aliphatic rings. The predicted octanol–water partition coefficient (Wildman–Crippen LogP) is 1.21. The van der Waals surface area contributed by atoms with Crippen molar-refractivity contribution in [2.45, 2.75) is 4.90 Å². The molecule has 0 fully saturated rings. The van der Waals surface area contributed by atoms with Crippen molar-refractivity contribution in [3.63, 3.8) is 0 Å². The molecule has 0 aliphatic carbocycles. The molecule has 24 heavy (non-hydrogen) atoms. The Hall–Kier alpha value is -1.77. The second-order valence-corrected chi connectivity index (χ2v) is 6.25. The van der Waals surface area contributed by atoms with Gasteiger partial charge < -0.3 is 5.11 Å². The zero-order valence-electron chi connectivity index (χ0n) is 12.8. The summed E-state index contributed by atoms with van der Waals surface area (Å²) in [5, 5.41) is 19.1. The maximum Gasteiger partial charge on any atom is 1.00 e. The molecule has 3 aromatic rings. The molecule has 8 heteroatoms. The zero-order chi connectivity index (χ0) is 16.4. The number of rotatable bonds is 3. The zero-order valence-corrected chi connectivity index (χ0v) is 15.6. The van der Waals surface area contributed by atoms with E-state index < -0.39 is 10.1 Å². The topological polar surface area (TPSA) is 99.3 Å². The molecular formula is C16H12N2NaO4S+. The monoisotopic (exact) mass is 351 g/mol. The molecule has 116 valence electrons. The van der Waals surface area contributed by atoms with Gasteiger partial charge in [0.25, 0.3) is 10.1 Å².